The zero-order valence-electron chi connectivity index (χ0n) is 18.8. The maximum Gasteiger partial charge on any atom is 0.229 e. The number of benzene rings is 3. The number of nitrogens with zero attached hydrogens (tertiary/aromatic N) is 3. The van der Waals surface area contributed by atoms with Crippen LogP contribution in [0.4, 0.5) is 22.7 Å². The smallest absolute Gasteiger partial charge is 0.229 e. The van der Waals surface area contributed by atoms with E-state index in [1.54, 1.807) is 12.1 Å². The van der Waals surface area contributed by atoms with Crippen LogP contribution in [0.2, 0.25) is 0 Å². The van der Waals surface area contributed by atoms with E-state index in [-0.39, 0.29) is 0 Å². The molecule has 1 heterocycles. The van der Waals surface area contributed by atoms with Crippen LogP contribution >= 0.6 is 0 Å². The lowest BCUT2D eigenvalue weighted by molar-refractivity contribution is -0.565. The van der Waals surface area contributed by atoms with Crippen LogP contribution in [0.1, 0.15) is 13.3 Å². The number of sulfonamides is 1. The molecule has 0 atom stereocenters. The number of rotatable bonds is 8. The maximum atomic E-state index is 11.5. The van der Waals surface area contributed by atoms with Crippen LogP contribution in [0, 0.1) is 0 Å². The highest BCUT2D eigenvalue weighted by Gasteiger charge is 2.12. The van der Waals surface area contributed by atoms with Gasteiger partial charge in [0.2, 0.25) is 10.0 Å². The summed E-state index contributed by atoms with van der Waals surface area (Å²) in [6.45, 7) is 2.98. The van der Waals surface area contributed by atoms with E-state index in [0.29, 0.717) is 5.69 Å². The molecule has 1 aromatic heterocycles. The van der Waals surface area contributed by atoms with Crippen LogP contribution in [0.15, 0.2) is 72.0 Å². The van der Waals surface area contributed by atoms with E-state index in [1.165, 1.54) is 0 Å². The third kappa shape index (κ3) is 5.56. The Morgan fingerprint density at radius 1 is 0.909 bits per heavy atom. The molecule has 0 amide bonds. The second-order valence-corrected chi connectivity index (χ2v) is 9.65. The van der Waals surface area contributed by atoms with Crippen molar-refractivity contribution >= 4 is 54.6 Å². The van der Waals surface area contributed by atoms with Crippen molar-refractivity contribution in [1.29, 1.82) is 0 Å². The van der Waals surface area contributed by atoms with E-state index in [0.717, 1.165) is 58.1 Å². The molecule has 0 radical (unpaired) electrons. The second kappa shape index (κ2) is 9.41. The SMILES string of the molecule is CCC[N+](C)=NNc1ccc2c(Nc3ccc(NS(C)(=O)=O)cc3)c3ccccc3nc2c1. The molecule has 0 aliphatic rings. The molecule has 0 saturated carbocycles. The molecule has 0 aliphatic heterocycles. The summed E-state index contributed by atoms with van der Waals surface area (Å²) in [5, 5.41) is 9.83. The van der Waals surface area contributed by atoms with Crippen molar-refractivity contribution < 1.29 is 13.1 Å². The Hall–Kier alpha value is -3.72. The van der Waals surface area contributed by atoms with Gasteiger partial charge < -0.3 is 5.32 Å². The van der Waals surface area contributed by atoms with Crippen molar-refractivity contribution in [2.24, 2.45) is 5.22 Å². The molecule has 8 nitrogen and oxygen atoms in total. The highest BCUT2D eigenvalue weighted by molar-refractivity contribution is 7.92. The molecule has 0 fully saturated rings. The van der Waals surface area contributed by atoms with Crippen molar-refractivity contribution in [3.05, 3.63) is 66.7 Å². The molecular weight excluding hydrogens is 436 g/mol. The van der Waals surface area contributed by atoms with Gasteiger partial charge in [-0.2, -0.15) is 4.70 Å². The number of hydrogen-bond acceptors (Lipinski definition) is 5. The predicted octanol–water partition coefficient (Wildman–Crippen LogP) is 5.33. The Morgan fingerprint density at radius 2 is 1.58 bits per heavy atom. The Labute approximate surface area is 193 Å². The average molecular weight is 464 g/mol. The van der Waals surface area contributed by atoms with Gasteiger partial charge in [-0.1, -0.05) is 25.1 Å². The van der Waals surface area contributed by atoms with Gasteiger partial charge in [-0.3, -0.25) is 4.72 Å². The summed E-state index contributed by atoms with van der Waals surface area (Å²) in [6, 6.07) is 21.1. The zero-order valence-corrected chi connectivity index (χ0v) is 19.6. The van der Waals surface area contributed by atoms with E-state index >= 15 is 0 Å². The van der Waals surface area contributed by atoms with Gasteiger partial charge in [-0.15, -0.1) is 5.43 Å². The lowest BCUT2D eigenvalue weighted by Gasteiger charge is -2.14. The topological polar surface area (TPSA) is 98.5 Å². The summed E-state index contributed by atoms with van der Waals surface area (Å²) in [5.41, 5.74) is 7.96. The number of para-hydroxylation sites is 1. The highest BCUT2D eigenvalue weighted by Crippen LogP contribution is 2.34. The van der Waals surface area contributed by atoms with Gasteiger partial charge in [0, 0.05) is 28.2 Å². The molecule has 3 N–H and O–H groups in total. The second-order valence-electron chi connectivity index (χ2n) is 7.91. The summed E-state index contributed by atoms with van der Waals surface area (Å²) < 4.78 is 27.3. The molecule has 4 aromatic rings. The Kier molecular flexibility index (Phi) is 6.41. The molecule has 4 rings (SSSR count). The van der Waals surface area contributed by atoms with Gasteiger partial charge in [0.15, 0.2) is 0 Å². The summed E-state index contributed by atoms with van der Waals surface area (Å²) in [5.74, 6) is 0. The van der Waals surface area contributed by atoms with Crippen LogP contribution in [0.25, 0.3) is 21.8 Å². The van der Waals surface area contributed by atoms with Gasteiger partial charge in [-0.05, 0) is 48.9 Å². The van der Waals surface area contributed by atoms with Gasteiger partial charge in [0.05, 0.1) is 35.2 Å². The predicted molar refractivity (Wildman–Crippen MR) is 135 cm³/mol. The molecule has 0 aliphatic carbocycles. The molecular formula is C24H27N6O2S+. The summed E-state index contributed by atoms with van der Waals surface area (Å²) in [7, 11) is -1.39. The van der Waals surface area contributed by atoms with E-state index in [9.17, 15) is 8.42 Å². The number of aromatic nitrogens is 1. The van der Waals surface area contributed by atoms with Crippen LogP contribution in [-0.2, 0) is 10.0 Å². The minimum atomic E-state index is -3.32. The number of hydrogen-bond donors (Lipinski definition) is 3. The van der Waals surface area contributed by atoms with Crippen molar-refractivity contribution in [1.82, 2.24) is 4.98 Å². The Bertz CT molecular complexity index is 1430. The number of anilines is 4. The third-order valence-corrected chi connectivity index (χ3v) is 5.64. The Balaban J connectivity index is 1.72. The zero-order chi connectivity index (χ0) is 23.4. The fourth-order valence-electron chi connectivity index (χ4n) is 3.59. The summed E-state index contributed by atoms with van der Waals surface area (Å²) >= 11 is 0. The lowest BCUT2D eigenvalue weighted by Crippen LogP contribution is -2.09. The molecule has 0 saturated heterocycles. The van der Waals surface area contributed by atoms with E-state index < -0.39 is 10.0 Å². The molecule has 170 valence electrons. The quantitative estimate of drug-likeness (QED) is 0.142. The summed E-state index contributed by atoms with van der Waals surface area (Å²) in [6.07, 6.45) is 2.15. The van der Waals surface area contributed by atoms with Gasteiger partial charge >= 0.3 is 0 Å². The highest BCUT2D eigenvalue weighted by atomic mass is 32.2. The maximum absolute atomic E-state index is 11.5. The van der Waals surface area contributed by atoms with Crippen LogP contribution in [0.3, 0.4) is 0 Å². The first-order valence-corrected chi connectivity index (χ1v) is 12.6. The fraction of sp³-hybridized carbons (Fsp3) is 0.208. The molecule has 0 bridgehead atoms. The third-order valence-electron chi connectivity index (χ3n) is 5.04. The minimum Gasteiger partial charge on any atom is -0.354 e. The monoisotopic (exact) mass is 463 g/mol. The van der Waals surface area contributed by atoms with E-state index in [2.05, 4.69) is 27.6 Å². The fourth-order valence-corrected chi connectivity index (χ4v) is 4.16. The Morgan fingerprint density at radius 3 is 2.30 bits per heavy atom. The van der Waals surface area contributed by atoms with E-state index in [1.807, 2.05) is 66.3 Å². The lowest BCUT2D eigenvalue weighted by atomic mass is 10.1. The molecule has 33 heavy (non-hydrogen) atoms. The first-order chi connectivity index (χ1) is 15.8. The van der Waals surface area contributed by atoms with Gasteiger partial charge in [0.1, 0.15) is 12.2 Å². The number of fused-ring (bicyclic) bond motifs is 2. The van der Waals surface area contributed by atoms with Gasteiger partial charge in [-0.25, -0.2) is 13.4 Å². The largest absolute Gasteiger partial charge is 0.354 e. The van der Waals surface area contributed by atoms with Crippen LogP contribution in [0.5, 0.6) is 0 Å². The van der Waals surface area contributed by atoms with Crippen LogP contribution < -0.4 is 15.5 Å². The first-order valence-electron chi connectivity index (χ1n) is 10.7. The number of nitrogens with one attached hydrogen (secondary N) is 3. The van der Waals surface area contributed by atoms with Crippen molar-refractivity contribution in [3.8, 4) is 0 Å². The van der Waals surface area contributed by atoms with Crippen LogP contribution in [-0.4, -0.2) is 37.9 Å². The van der Waals surface area contributed by atoms with Crippen molar-refractivity contribution in [2.45, 2.75) is 13.3 Å². The first kappa shape index (κ1) is 22.5. The standard InChI is InChI=1S/C24H26N6O2S/c1-4-15-30(2)29-27-19-13-14-21-23(16-19)26-22-8-6-5-7-20(22)24(21)25-17-9-11-18(12-10-17)28-33(3,31)32/h5-14,16H,4,15H2,1-3H3,(H2,25,26,27,28,29)/p+1. The molecule has 3 aromatic carbocycles. The normalized spacial score (nSPS) is 12.2. The summed E-state index contributed by atoms with van der Waals surface area (Å²) in [4.78, 5) is 4.85. The molecule has 0 unspecified atom stereocenters. The van der Waals surface area contributed by atoms with Crippen molar-refractivity contribution in [2.75, 3.05) is 35.3 Å². The average Bonchev–Trinajstić information content (AvgIpc) is 2.78. The molecule has 0 spiro atoms. The number of pyridine rings is 1. The minimum absolute atomic E-state index is 0.514. The van der Waals surface area contributed by atoms with Crippen molar-refractivity contribution in [3.63, 3.8) is 0 Å². The molecule has 9 heteroatoms. The van der Waals surface area contributed by atoms with E-state index in [4.69, 9.17) is 4.98 Å². The van der Waals surface area contributed by atoms with Gasteiger partial charge in [0.25, 0.3) is 0 Å².